The summed E-state index contributed by atoms with van der Waals surface area (Å²) in [4.78, 5) is 2.42. The van der Waals surface area contributed by atoms with Crippen molar-refractivity contribution >= 4 is 17.8 Å². The molecule has 3 rings (SSSR count). The van der Waals surface area contributed by atoms with Gasteiger partial charge in [0.1, 0.15) is 5.75 Å². The molecule has 0 aromatic heterocycles. The van der Waals surface area contributed by atoms with Crippen molar-refractivity contribution in [2.75, 3.05) is 32.8 Å². The highest BCUT2D eigenvalue weighted by Gasteiger charge is 2.16. The molecule has 1 aliphatic heterocycles. The van der Waals surface area contributed by atoms with E-state index in [0.29, 0.717) is 6.61 Å². The Morgan fingerprint density at radius 2 is 1.76 bits per heavy atom. The molecule has 25 heavy (non-hydrogen) atoms. The number of nitrogens with zero attached hydrogens (tertiary/aromatic N) is 3. The molecule has 2 aromatic rings. The molecule has 0 bridgehead atoms. The van der Waals surface area contributed by atoms with Crippen LogP contribution in [0.3, 0.4) is 0 Å². The molecule has 0 radical (unpaired) electrons. The SMILES string of the molecule is CCOc1ccccc1C=NN1CCN(Cc2ccccc2Cl)CC1. The molecule has 4 nitrogen and oxygen atoms in total. The monoisotopic (exact) mass is 357 g/mol. The molecule has 1 saturated heterocycles. The van der Waals surface area contributed by atoms with E-state index in [0.717, 1.165) is 49.1 Å². The number of hydrogen-bond acceptors (Lipinski definition) is 4. The summed E-state index contributed by atoms with van der Waals surface area (Å²) in [5.74, 6) is 0.881. The minimum atomic E-state index is 0.658. The maximum atomic E-state index is 6.26. The Morgan fingerprint density at radius 1 is 1.04 bits per heavy atom. The summed E-state index contributed by atoms with van der Waals surface area (Å²) in [5, 5.41) is 7.59. The summed E-state index contributed by atoms with van der Waals surface area (Å²) in [7, 11) is 0. The van der Waals surface area contributed by atoms with Gasteiger partial charge in [0, 0.05) is 43.3 Å². The average molecular weight is 358 g/mol. The molecular weight excluding hydrogens is 334 g/mol. The van der Waals surface area contributed by atoms with Gasteiger partial charge in [0.15, 0.2) is 0 Å². The molecular formula is C20H24ClN3O. The Labute approximate surface area is 154 Å². The minimum absolute atomic E-state index is 0.658. The number of halogens is 1. The number of hydrogen-bond donors (Lipinski definition) is 0. The minimum Gasteiger partial charge on any atom is -0.493 e. The molecule has 0 aliphatic carbocycles. The Morgan fingerprint density at radius 3 is 2.52 bits per heavy atom. The van der Waals surface area contributed by atoms with Gasteiger partial charge in [-0.2, -0.15) is 5.10 Å². The van der Waals surface area contributed by atoms with E-state index in [-0.39, 0.29) is 0 Å². The van der Waals surface area contributed by atoms with Gasteiger partial charge in [-0.05, 0) is 30.7 Å². The first-order valence-corrected chi connectivity index (χ1v) is 9.10. The van der Waals surface area contributed by atoms with Crippen LogP contribution in [0.25, 0.3) is 0 Å². The Kier molecular flexibility index (Phi) is 6.31. The van der Waals surface area contributed by atoms with Crippen LogP contribution < -0.4 is 4.74 Å². The fourth-order valence-corrected chi connectivity index (χ4v) is 3.09. The summed E-state index contributed by atoms with van der Waals surface area (Å²) < 4.78 is 5.64. The van der Waals surface area contributed by atoms with Crippen molar-refractivity contribution in [3.63, 3.8) is 0 Å². The number of rotatable bonds is 6. The summed E-state index contributed by atoms with van der Waals surface area (Å²) in [6, 6.07) is 16.1. The predicted octanol–water partition coefficient (Wildman–Crippen LogP) is 3.89. The molecule has 132 valence electrons. The van der Waals surface area contributed by atoms with Crippen LogP contribution in [0.15, 0.2) is 53.6 Å². The van der Waals surface area contributed by atoms with Gasteiger partial charge in [0.25, 0.3) is 0 Å². The standard InChI is InChI=1S/C20H24ClN3O/c1-2-25-20-10-6-4-7-17(20)15-22-24-13-11-23(12-14-24)16-18-8-3-5-9-19(18)21/h3-10,15H,2,11-14,16H2,1H3. The largest absolute Gasteiger partial charge is 0.493 e. The summed E-state index contributed by atoms with van der Waals surface area (Å²) in [5.41, 5.74) is 2.20. The molecule has 0 unspecified atom stereocenters. The van der Waals surface area contributed by atoms with Gasteiger partial charge in [-0.3, -0.25) is 9.91 Å². The molecule has 0 atom stereocenters. The third-order valence-electron chi connectivity index (χ3n) is 4.28. The van der Waals surface area contributed by atoms with Gasteiger partial charge in [0.2, 0.25) is 0 Å². The first-order valence-electron chi connectivity index (χ1n) is 8.73. The first kappa shape index (κ1) is 17.8. The second kappa shape index (κ2) is 8.88. The lowest BCUT2D eigenvalue weighted by molar-refractivity contribution is 0.131. The molecule has 1 heterocycles. The van der Waals surface area contributed by atoms with E-state index < -0.39 is 0 Å². The summed E-state index contributed by atoms with van der Waals surface area (Å²) in [6.07, 6.45) is 1.90. The topological polar surface area (TPSA) is 28.1 Å². The average Bonchev–Trinajstić information content (AvgIpc) is 2.64. The molecule has 0 amide bonds. The number of hydrazone groups is 1. The molecule has 0 spiro atoms. The highest BCUT2D eigenvalue weighted by molar-refractivity contribution is 6.31. The second-order valence-corrected chi connectivity index (χ2v) is 6.44. The van der Waals surface area contributed by atoms with Gasteiger partial charge >= 0.3 is 0 Å². The highest BCUT2D eigenvalue weighted by Crippen LogP contribution is 2.18. The lowest BCUT2D eigenvalue weighted by Gasteiger charge is -2.33. The smallest absolute Gasteiger partial charge is 0.128 e. The van der Waals surface area contributed by atoms with E-state index in [1.54, 1.807) is 0 Å². The molecule has 0 N–H and O–H groups in total. The Hall–Kier alpha value is -2.04. The van der Waals surface area contributed by atoms with Crippen molar-refractivity contribution in [1.82, 2.24) is 9.91 Å². The Bertz CT molecular complexity index is 712. The van der Waals surface area contributed by atoms with Crippen LogP contribution in [0.4, 0.5) is 0 Å². The zero-order valence-electron chi connectivity index (χ0n) is 14.6. The third-order valence-corrected chi connectivity index (χ3v) is 4.65. The quantitative estimate of drug-likeness (QED) is 0.734. The van der Waals surface area contributed by atoms with Gasteiger partial charge in [-0.1, -0.05) is 41.9 Å². The lowest BCUT2D eigenvalue weighted by Crippen LogP contribution is -2.43. The number of ether oxygens (including phenoxy) is 1. The summed E-state index contributed by atoms with van der Waals surface area (Å²) >= 11 is 6.26. The first-order chi connectivity index (χ1) is 12.3. The van der Waals surface area contributed by atoms with Crippen molar-refractivity contribution < 1.29 is 4.74 Å². The molecule has 1 fully saturated rings. The van der Waals surface area contributed by atoms with Crippen LogP contribution >= 0.6 is 11.6 Å². The van der Waals surface area contributed by atoms with Gasteiger partial charge < -0.3 is 4.74 Å². The molecule has 5 heteroatoms. The zero-order chi connectivity index (χ0) is 17.5. The highest BCUT2D eigenvalue weighted by atomic mass is 35.5. The van der Waals surface area contributed by atoms with Crippen LogP contribution in [0.1, 0.15) is 18.1 Å². The second-order valence-electron chi connectivity index (χ2n) is 6.04. The number of piperazine rings is 1. The van der Waals surface area contributed by atoms with Crippen molar-refractivity contribution in [3.8, 4) is 5.75 Å². The lowest BCUT2D eigenvalue weighted by atomic mass is 10.2. The van der Waals surface area contributed by atoms with Gasteiger partial charge in [0.05, 0.1) is 12.8 Å². The normalized spacial score (nSPS) is 15.7. The fourth-order valence-electron chi connectivity index (χ4n) is 2.90. The number of benzene rings is 2. The van der Waals surface area contributed by atoms with Crippen molar-refractivity contribution in [3.05, 3.63) is 64.7 Å². The molecule has 2 aromatic carbocycles. The maximum absolute atomic E-state index is 6.26. The predicted molar refractivity (Wildman–Crippen MR) is 104 cm³/mol. The summed E-state index contributed by atoms with van der Waals surface area (Å²) in [6.45, 7) is 7.34. The third kappa shape index (κ3) is 4.97. The van der Waals surface area contributed by atoms with E-state index in [1.807, 2.05) is 55.6 Å². The van der Waals surface area contributed by atoms with Crippen LogP contribution in [-0.4, -0.2) is 48.9 Å². The molecule has 0 saturated carbocycles. The van der Waals surface area contributed by atoms with Gasteiger partial charge in [-0.25, -0.2) is 0 Å². The van der Waals surface area contributed by atoms with Crippen LogP contribution in [0.5, 0.6) is 5.75 Å². The van der Waals surface area contributed by atoms with Crippen LogP contribution in [0.2, 0.25) is 5.02 Å². The van der Waals surface area contributed by atoms with E-state index in [9.17, 15) is 0 Å². The van der Waals surface area contributed by atoms with Crippen LogP contribution in [0, 0.1) is 0 Å². The van der Waals surface area contributed by atoms with E-state index in [1.165, 1.54) is 5.56 Å². The molecule has 1 aliphatic rings. The van der Waals surface area contributed by atoms with Crippen molar-refractivity contribution in [1.29, 1.82) is 0 Å². The van der Waals surface area contributed by atoms with Crippen molar-refractivity contribution in [2.45, 2.75) is 13.5 Å². The van der Waals surface area contributed by atoms with Crippen LogP contribution in [-0.2, 0) is 6.54 Å². The fraction of sp³-hybridized carbons (Fsp3) is 0.350. The van der Waals surface area contributed by atoms with Gasteiger partial charge in [-0.15, -0.1) is 0 Å². The zero-order valence-corrected chi connectivity index (χ0v) is 15.3. The van der Waals surface area contributed by atoms with E-state index >= 15 is 0 Å². The maximum Gasteiger partial charge on any atom is 0.128 e. The van der Waals surface area contributed by atoms with E-state index in [4.69, 9.17) is 16.3 Å². The Balaban J connectivity index is 1.53. The van der Waals surface area contributed by atoms with E-state index in [2.05, 4.69) is 21.1 Å². The number of para-hydroxylation sites is 1. The van der Waals surface area contributed by atoms with Crippen molar-refractivity contribution in [2.24, 2.45) is 5.10 Å².